The van der Waals surface area contributed by atoms with Gasteiger partial charge >= 0.3 is 5.97 Å². The normalized spacial score (nSPS) is 11.1. The van der Waals surface area contributed by atoms with Crippen LogP contribution in [0.1, 0.15) is 36.7 Å². The van der Waals surface area contributed by atoms with Crippen LogP contribution >= 0.6 is 11.8 Å². The Bertz CT molecular complexity index is 787. The third kappa shape index (κ3) is 6.19. The molecule has 0 aliphatic rings. The summed E-state index contributed by atoms with van der Waals surface area (Å²) in [5.41, 5.74) is 0.527. The molecule has 4 nitrogen and oxygen atoms in total. The second-order valence-electron chi connectivity index (χ2n) is 6.75. The van der Waals surface area contributed by atoms with Crippen molar-refractivity contribution in [1.29, 1.82) is 0 Å². The summed E-state index contributed by atoms with van der Waals surface area (Å²) in [6, 6.07) is 13.4. The van der Waals surface area contributed by atoms with Gasteiger partial charge in [0.25, 0.3) is 5.91 Å². The highest BCUT2D eigenvalue weighted by Crippen LogP contribution is 2.27. The number of halogens is 1. The van der Waals surface area contributed by atoms with Crippen LogP contribution in [0.15, 0.2) is 53.4 Å². The smallest absolute Gasteiger partial charge is 0.339 e. The maximum atomic E-state index is 13.7. The molecule has 0 saturated carbocycles. The second kappa shape index (κ2) is 8.85. The number of hydrogen-bond donors (Lipinski definition) is 1. The van der Waals surface area contributed by atoms with E-state index in [9.17, 15) is 14.0 Å². The van der Waals surface area contributed by atoms with E-state index in [2.05, 4.69) is 5.32 Å². The molecule has 26 heavy (non-hydrogen) atoms. The summed E-state index contributed by atoms with van der Waals surface area (Å²) < 4.78 is 18.9. The van der Waals surface area contributed by atoms with Crippen molar-refractivity contribution in [3.8, 4) is 0 Å². The zero-order valence-electron chi connectivity index (χ0n) is 15.0. The van der Waals surface area contributed by atoms with Gasteiger partial charge in [-0.25, -0.2) is 9.18 Å². The lowest BCUT2D eigenvalue weighted by Crippen LogP contribution is -2.42. The van der Waals surface area contributed by atoms with Crippen LogP contribution in [0.3, 0.4) is 0 Å². The highest BCUT2D eigenvalue weighted by molar-refractivity contribution is 7.98. The van der Waals surface area contributed by atoms with Crippen molar-refractivity contribution in [2.24, 2.45) is 0 Å². The highest BCUT2D eigenvalue weighted by atomic mass is 32.2. The average Bonchev–Trinajstić information content (AvgIpc) is 2.58. The van der Waals surface area contributed by atoms with Gasteiger partial charge in [0.15, 0.2) is 6.61 Å². The number of esters is 1. The molecule has 0 unspecified atom stereocenters. The number of thioether (sulfide) groups is 1. The van der Waals surface area contributed by atoms with E-state index in [1.54, 1.807) is 42.5 Å². The van der Waals surface area contributed by atoms with Gasteiger partial charge in [-0.2, -0.15) is 0 Å². The second-order valence-corrected chi connectivity index (χ2v) is 7.77. The molecule has 138 valence electrons. The van der Waals surface area contributed by atoms with Crippen LogP contribution in [0.2, 0.25) is 0 Å². The van der Waals surface area contributed by atoms with Crippen LogP contribution < -0.4 is 5.32 Å². The highest BCUT2D eigenvalue weighted by Gasteiger charge is 2.18. The first kappa shape index (κ1) is 20.0. The minimum absolute atomic E-state index is 0.279. The summed E-state index contributed by atoms with van der Waals surface area (Å²) in [7, 11) is 0. The topological polar surface area (TPSA) is 55.4 Å². The lowest BCUT2D eigenvalue weighted by molar-refractivity contribution is -0.125. The Balaban J connectivity index is 2.00. The van der Waals surface area contributed by atoms with Crippen LogP contribution in [0.25, 0.3) is 0 Å². The predicted molar refractivity (Wildman–Crippen MR) is 101 cm³/mol. The van der Waals surface area contributed by atoms with Gasteiger partial charge in [0, 0.05) is 16.2 Å². The quantitative estimate of drug-likeness (QED) is 0.608. The van der Waals surface area contributed by atoms with Crippen molar-refractivity contribution >= 4 is 23.6 Å². The molecule has 2 aromatic rings. The molecule has 0 radical (unpaired) electrons. The van der Waals surface area contributed by atoms with Crippen molar-refractivity contribution in [3.63, 3.8) is 0 Å². The minimum atomic E-state index is -0.578. The Hall–Kier alpha value is -2.34. The Kier molecular flexibility index (Phi) is 6.80. The van der Waals surface area contributed by atoms with Gasteiger partial charge < -0.3 is 10.1 Å². The fourth-order valence-electron chi connectivity index (χ4n) is 2.20. The fraction of sp³-hybridized carbons (Fsp3) is 0.300. The summed E-state index contributed by atoms with van der Waals surface area (Å²) in [6.07, 6.45) is 0. The molecule has 2 rings (SSSR count). The first-order valence-electron chi connectivity index (χ1n) is 8.19. The zero-order chi connectivity index (χ0) is 19.2. The monoisotopic (exact) mass is 375 g/mol. The number of rotatable bonds is 6. The first-order valence-corrected chi connectivity index (χ1v) is 9.18. The molecule has 0 aromatic heterocycles. The number of ether oxygens (including phenoxy) is 1. The molecule has 0 saturated heterocycles. The van der Waals surface area contributed by atoms with Gasteiger partial charge in [0.05, 0.1) is 5.56 Å². The van der Waals surface area contributed by atoms with Crippen LogP contribution in [0.4, 0.5) is 4.39 Å². The van der Waals surface area contributed by atoms with E-state index in [0.717, 1.165) is 0 Å². The third-order valence-electron chi connectivity index (χ3n) is 3.30. The Morgan fingerprint density at radius 3 is 2.42 bits per heavy atom. The van der Waals surface area contributed by atoms with Crippen molar-refractivity contribution in [3.05, 3.63) is 65.5 Å². The molecule has 0 fully saturated rings. The van der Waals surface area contributed by atoms with Crippen LogP contribution in [-0.4, -0.2) is 24.0 Å². The molecule has 0 atom stereocenters. The SMILES string of the molecule is CC(C)(C)NC(=O)COC(=O)c1ccccc1SCc1ccccc1F. The lowest BCUT2D eigenvalue weighted by atomic mass is 10.1. The van der Waals surface area contributed by atoms with Gasteiger partial charge in [0.1, 0.15) is 5.82 Å². The molecule has 0 aliphatic heterocycles. The average molecular weight is 375 g/mol. The van der Waals surface area contributed by atoms with Gasteiger partial charge in [0.2, 0.25) is 0 Å². The molecular formula is C20H22FNO3S. The molecule has 1 N–H and O–H groups in total. The van der Waals surface area contributed by atoms with Gasteiger partial charge in [-0.15, -0.1) is 11.8 Å². The first-order chi connectivity index (χ1) is 12.3. The molecule has 2 aromatic carbocycles. The van der Waals surface area contributed by atoms with Gasteiger partial charge in [-0.05, 0) is 44.5 Å². The number of benzene rings is 2. The van der Waals surface area contributed by atoms with E-state index >= 15 is 0 Å². The van der Waals surface area contributed by atoms with E-state index in [1.807, 2.05) is 20.8 Å². The van der Waals surface area contributed by atoms with Gasteiger partial charge in [-0.3, -0.25) is 4.79 Å². The number of hydrogen-bond acceptors (Lipinski definition) is 4. The standard InChI is InChI=1S/C20H22FNO3S/c1-20(2,3)22-18(23)12-25-19(24)15-9-5-7-11-17(15)26-13-14-8-4-6-10-16(14)21/h4-11H,12-13H2,1-3H3,(H,22,23). The largest absolute Gasteiger partial charge is 0.452 e. The van der Waals surface area contributed by atoms with Crippen LogP contribution in [-0.2, 0) is 15.3 Å². The molecule has 0 heterocycles. The summed E-state index contributed by atoms with van der Waals surface area (Å²) in [5, 5.41) is 2.73. The molecule has 0 spiro atoms. The maximum absolute atomic E-state index is 13.7. The Labute approximate surface area is 157 Å². The summed E-state index contributed by atoms with van der Waals surface area (Å²) in [6.45, 7) is 5.20. The van der Waals surface area contributed by atoms with Crippen molar-refractivity contribution in [2.75, 3.05) is 6.61 Å². The molecule has 1 amide bonds. The Morgan fingerprint density at radius 1 is 1.08 bits per heavy atom. The van der Waals surface area contributed by atoms with Crippen LogP contribution in [0.5, 0.6) is 0 Å². The van der Waals surface area contributed by atoms with E-state index in [1.165, 1.54) is 17.8 Å². The fourth-order valence-corrected chi connectivity index (χ4v) is 3.22. The number of carbonyl (C=O) groups excluding carboxylic acids is 2. The van der Waals surface area contributed by atoms with Crippen LogP contribution in [0, 0.1) is 5.82 Å². The van der Waals surface area contributed by atoms with Crippen molar-refractivity contribution in [2.45, 2.75) is 37.0 Å². The summed E-state index contributed by atoms with van der Waals surface area (Å²) in [5.74, 6) is -0.825. The van der Waals surface area contributed by atoms with Crippen molar-refractivity contribution < 1.29 is 18.7 Å². The van der Waals surface area contributed by atoms with E-state index in [4.69, 9.17) is 4.74 Å². The Morgan fingerprint density at radius 2 is 1.73 bits per heavy atom. The number of amides is 1. The number of carbonyl (C=O) groups is 2. The lowest BCUT2D eigenvalue weighted by Gasteiger charge is -2.20. The molecule has 0 bridgehead atoms. The zero-order valence-corrected chi connectivity index (χ0v) is 15.9. The predicted octanol–water partition coefficient (Wildman–Crippen LogP) is 4.19. The van der Waals surface area contributed by atoms with E-state index in [0.29, 0.717) is 21.8 Å². The molecule has 0 aliphatic carbocycles. The summed E-state index contributed by atoms with van der Waals surface area (Å²) in [4.78, 5) is 24.8. The molecular weight excluding hydrogens is 353 g/mol. The maximum Gasteiger partial charge on any atom is 0.339 e. The third-order valence-corrected chi connectivity index (χ3v) is 4.42. The van der Waals surface area contributed by atoms with E-state index < -0.39 is 11.5 Å². The van der Waals surface area contributed by atoms with Gasteiger partial charge in [-0.1, -0.05) is 30.3 Å². The summed E-state index contributed by atoms with van der Waals surface area (Å²) >= 11 is 1.35. The van der Waals surface area contributed by atoms with E-state index in [-0.39, 0.29) is 18.3 Å². The van der Waals surface area contributed by atoms with Crippen molar-refractivity contribution in [1.82, 2.24) is 5.32 Å². The number of nitrogens with one attached hydrogen (secondary N) is 1. The minimum Gasteiger partial charge on any atom is -0.452 e. The molecule has 6 heteroatoms.